The van der Waals surface area contributed by atoms with Crippen molar-refractivity contribution in [2.75, 3.05) is 27.3 Å². The van der Waals surface area contributed by atoms with Gasteiger partial charge in [0, 0.05) is 44.7 Å². The molecule has 0 saturated carbocycles. The zero-order chi connectivity index (χ0) is 22.3. The van der Waals surface area contributed by atoms with Crippen LogP contribution >= 0.6 is 0 Å². The van der Waals surface area contributed by atoms with E-state index < -0.39 is 5.83 Å². The van der Waals surface area contributed by atoms with Crippen LogP contribution in [0.25, 0.3) is 0 Å². The van der Waals surface area contributed by atoms with E-state index in [0.717, 1.165) is 19.3 Å². The largest absolute Gasteiger partial charge is 0.377 e. The number of hydrogen-bond donors (Lipinski definition) is 1. The summed E-state index contributed by atoms with van der Waals surface area (Å²) in [5.74, 6) is -0.0984. The summed E-state index contributed by atoms with van der Waals surface area (Å²) in [7, 11) is 3.34. The number of halogens is 1. The number of nitrogens with one attached hydrogen (secondary N) is 1. The second kappa shape index (κ2) is 8.60. The topological polar surface area (TPSA) is 78.8 Å². The zero-order valence-electron chi connectivity index (χ0n) is 18.8. The molecule has 1 amide bonds. The number of hydrogen-bond acceptors (Lipinski definition) is 7. The van der Waals surface area contributed by atoms with Crippen molar-refractivity contribution in [3.63, 3.8) is 0 Å². The molecule has 0 aliphatic carbocycles. The summed E-state index contributed by atoms with van der Waals surface area (Å²) in [6.07, 6.45) is 6.01. The van der Waals surface area contributed by atoms with Crippen LogP contribution in [0.4, 0.5) is 4.39 Å². The number of hydrazone groups is 1. The number of aliphatic imine (C=N–C) groups is 1. The number of nitrogens with zero attached hydrogens (tertiary/aromatic N) is 4. The second-order valence-electron chi connectivity index (χ2n) is 9.59. The molecule has 2 fully saturated rings. The lowest BCUT2D eigenvalue weighted by atomic mass is 9.77. The van der Waals surface area contributed by atoms with Crippen LogP contribution in [0.3, 0.4) is 0 Å². The maximum absolute atomic E-state index is 13.4. The Kier molecular flexibility index (Phi) is 6.20. The van der Waals surface area contributed by atoms with Gasteiger partial charge in [-0.05, 0) is 33.1 Å². The fourth-order valence-electron chi connectivity index (χ4n) is 5.82. The van der Waals surface area contributed by atoms with Gasteiger partial charge in [-0.25, -0.2) is 4.39 Å². The minimum atomic E-state index is -0.429. The zero-order valence-corrected chi connectivity index (χ0v) is 18.8. The Bertz CT molecular complexity index is 772. The predicted octanol–water partition coefficient (Wildman–Crippen LogP) is 1.58. The van der Waals surface area contributed by atoms with Crippen LogP contribution in [0.2, 0.25) is 0 Å². The number of methoxy groups -OCH3 is 2. The number of ether oxygens (including phenoxy) is 2. The van der Waals surface area contributed by atoms with Gasteiger partial charge in [0.05, 0.1) is 30.6 Å². The Labute approximate surface area is 183 Å². The highest BCUT2D eigenvalue weighted by Crippen LogP contribution is 2.42. The van der Waals surface area contributed by atoms with Crippen molar-refractivity contribution < 1.29 is 18.7 Å². The molecule has 4 aliphatic rings. The molecular formula is C22H34FN5O3. The third-order valence-corrected chi connectivity index (χ3v) is 7.31. The molecule has 0 aromatic rings. The normalized spacial score (nSPS) is 39.3. The van der Waals surface area contributed by atoms with Gasteiger partial charge in [-0.1, -0.05) is 6.58 Å². The lowest BCUT2D eigenvalue weighted by Crippen LogP contribution is -2.60. The smallest absolute Gasteiger partial charge is 0.228 e. The van der Waals surface area contributed by atoms with E-state index >= 15 is 0 Å². The van der Waals surface area contributed by atoms with Gasteiger partial charge in [0.25, 0.3) is 0 Å². The van der Waals surface area contributed by atoms with Crippen molar-refractivity contribution in [1.82, 2.24) is 15.2 Å². The highest BCUT2D eigenvalue weighted by Gasteiger charge is 2.57. The van der Waals surface area contributed by atoms with Crippen molar-refractivity contribution in [2.45, 2.75) is 69.1 Å². The molecule has 0 aromatic heterocycles. The molecule has 4 heterocycles. The molecule has 7 unspecified atom stereocenters. The second-order valence-corrected chi connectivity index (χ2v) is 9.59. The summed E-state index contributed by atoms with van der Waals surface area (Å²) in [6.45, 7) is 8.10. The predicted molar refractivity (Wildman–Crippen MR) is 117 cm³/mol. The molecule has 2 saturated heterocycles. The van der Waals surface area contributed by atoms with Gasteiger partial charge in [-0.2, -0.15) is 5.10 Å². The first kappa shape index (κ1) is 22.4. The average molecular weight is 436 g/mol. The Balaban J connectivity index is 1.47. The van der Waals surface area contributed by atoms with Crippen LogP contribution in [0.1, 0.15) is 33.1 Å². The molecule has 4 rings (SSSR count). The number of amides is 1. The fraction of sp³-hybridized carbons (Fsp3) is 0.773. The minimum Gasteiger partial charge on any atom is -0.377 e. The maximum atomic E-state index is 13.4. The van der Waals surface area contributed by atoms with Crippen LogP contribution in [0, 0.1) is 11.8 Å². The number of piperidine rings is 1. The number of fused-ring (bicyclic) bond motifs is 1. The molecular weight excluding hydrogens is 401 g/mol. The average Bonchev–Trinajstić information content (AvgIpc) is 3.26. The van der Waals surface area contributed by atoms with E-state index in [4.69, 9.17) is 9.47 Å². The number of rotatable bonds is 6. The Morgan fingerprint density at radius 2 is 2.10 bits per heavy atom. The Morgan fingerprint density at radius 3 is 2.77 bits per heavy atom. The fourth-order valence-corrected chi connectivity index (χ4v) is 5.82. The first-order valence-electron chi connectivity index (χ1n) is 11.1. The summed E-state index contributed by atoms with van der Waals surface area (Å²) >= 11 is 0. The van der Waals surface area contributed by atoms with E-state index in [-0.39, 0.29) is 60.3 Å². The summed E-state index contributed by atoms with van der Waals surface area (Å²) in [6, 6.07) is 0.104. The van der Waals surface area contributed by atoms with E-state index in [1.165, 1.54) is 0 Å². The summed E-state index contributed by atoms with van der Waals surface area (Å²) in [5.41, 5.74) is -0.388. The standard InChI is InChI=1S/C22H34FN5O3/c1-13(23)11-27-12-15(10-25-27)28-21(29)16-6-7-17(26-19(16)22(28,2)3)14-8-18(30-4)20(31-5)24-9-14/h9-10,14-20,26H,1,6-8,11-12H2,2-5H3. The quantitative estimate of drug-likeness (QED) is 0.685. The summed E-state index contributed by atoms with van der Waals surface area (Å²) in [5, 5.41) is 9.72. The van der Waals surface area contributed by atoms with Crippen LogP contribution in [-0.2, 0) is 14.3 Å². The van der Waals surface area contributed by atoms with Crippen molar-refractivity contribution in [1.29, 1.82) is 0 Å². The van der Waals surface area contributed by atoms with E-state index in [9.17, 15) is 9.18 Å². The van der Waals surface area contributed by atoms with E-state index in [1.807, 2.05) is 11.1 Å². The van der Waals surface area contributed by atoms with Crippen LogP contribution in [0.15, 0.2) is 22.5 Å². The van der Waals surface area contributed by atoms with E-state index in [1.54, 1.807) is 25.4 Å². The lowest BCUT2D eigenvalue weighted by molar-refractivity contribution is -0.134. The van der Waals surface area contributed by atoms with Crippen LogP contribution in [0.5, 0.6) is 0 Å². The molecule has 9 heteroatoms. The first-order valence-corrected chi connectivity index (χ1v) is 11.1. The van der Waals surface area contributed by atoms with E-state index in [2.05, 4.69) is 35.8 Å². The lowest BCUT2D eigenvalue weighted by Gasteiger charge is -2.44. The summed E-state index contributed by atoms with van der Waals surface area (Å²) in [4.78, 5) is 19.9. The molecule has 8 nitrogen and oxygen atoms in total. The Morgan fingerprint density at radius 1 is 1.32 bits per heavy atom. The number of likely N-dealkylation sites (tertiary alicyclic amines) is 1. The van der Waals surface area contributed by atoms with Crippen molar-refractivity contribution in [2.24, 2.45) is 21.9 Å². The number of carbonyl (C=O) groups is 1. The van der Waals surface area contributed by atoms with E-state index in [0.29, 0.717) is 6.54 Å². The number of carbonyl (C=O) groups excluding carboxylic acids is 1. The van der Waals surface area contributed by atoms with Gasteiger partial charge in [0.15, 0.2) is 6.23 Å². The molecule has 1 N–H and O–H groups in total. The van der Waals surface area contributed by atoms with Crippen LogP contribution in [-0.4, -0.2) is 91.6 Å². The Hall–Kier alpha value is -1.84. The highest BCUT2D eigenvalue weighted by molar-refractivity contribution is 5.87. The first-order chi connectivity index (χ1) is 14.8. The van der Waals surface area contributed by atoms with Gasteiger partial charge >= 0.3 is 0 Å². The third-order valence-electron chi connectivity index (χ3n) is 7.31. The highest BCUT2D eigenvalue weighted by atomic mass is 19.1. The van der Waals surface area contributed by atoms with Crippen molar-refractivity contribution >= 4 is 18.3 Å². The molecule has 0 spiro atoms. The molecule has 172 valence electrons. The molecule has 7 atom stereocenters. The van der Waals surface area contributed by atoms with Gasteiger partial charge in [0.2, 0.25) is 5.91 Å². The molecule has 0 bridgehead atoms. The van der Waals surface area contributed by atoms with Gasteiger partial charge < -0.3 is 19.7 Å². The monoisotopic (exact) mass is 435 g/mol. The van der Waals surface area contributed by atoms with Gasteiger partial charge in [-0.15, -0.1) is 0 Å². The molecule has 0 radical (unpaired) electrons. The maximum Gasteiger partial charge on any atom is 0.228 e. The van der Waals surface area contributed by atoms with Crippen molar-refractivity contribution in [3.8, 4) is 0 Å². The van der Waals surface area contributed by atoms with Crippen molar-refractivity contribution in [3.05, 3.63) is 12.4 Å². The molecule has 4 aliphatic heterocycles. The van der Waals surface area contributed by atoms with Gasteiger partial charge in [-0.3, -0.25) is 14.8 Å². The molecule has 0 aromatic carbocycles. The molecule has 31 heavy (non-hydrogen) atoms. The van der Waals surface area contributed by atoms with Crippen LogP contribution < -0.4 is 5.32 Å². The minimum absolute atomic E-state index is 0.0342. The van der Waals surface area contributed by atoms with Gasteiger partial charge in [0.1, 0.15) is 11.9 Å². The third kappa shape index (κ3) is 4.03. The summed E-state index contributed by atoms with van der Waals surface area (Å²) < 4.78 is 24.2. The SMILES string of the molecule is C=C(F)CN1CC(N2C(=O)C3CCC(C4C=NC(OC)C(OC)C4)NC3C2(C)C)C=N1.